The highest BCUT2D eigenvalue weighted by molar-refractivity contribution is 5.84. The fourth-order valence-corrected chi connectivity index (χ4v) is 2.79. The van der Waals surface area contributed by atoms with Crippen molar-refractivity contribution in [2.45, 2.75) is 51.6 Å². The summed E-state index contributed by atoms with van der Waals surface area (Å²) in [4.78, 5) is 16.5. The maximum absolute atomic E-state index is 11.9. The summed E-state index contributed by atoms with van der Waals surface area (Å²) in [5.74, 6) is 0.457. The smallest absolute Gasteiger partial charge is 0.149 e. The van der Waals surface area contributed by atoms with Crippen LogP contribution in [-0.4, -0.2) is 54.9 Å². The lowest BCUT2D eigenvalue weighted by molar-refractivity contribution is -0.127. The number of Topliss-reactive ketones (excluding diaryl/α,β-unsaturated/α-hetero) is 1. The van der Waals surface area contributed by atoms with Gasteiger partial charge in [0.25, 0.3) is 0 Å². The van der Waals surface area contributed by atoms with Crippen LogP contribution in [0.25, 0.3) is 0 Å². The third-order valence-corrected chi connectivity index (χ3v) is 3.48. The Labute approximate surface area is 99.8 Å². The van der Waals surface area contributed by atoms with E-state index < -0.39 is 0 Å². The second-order valence-corrected chi connectivity index (χ2v) is 5.17. The second kappa shape index (κ2) is 6.36. The number of carbonyl (C=O) groups excluding carboxylic acids is 1. The Morgan fingerprint density at radius 3 is 2.56 bits per heavy atom. The highest BCUT2D eigenvalue weighted by Crippen LogP contribution is 2.21. The first-order valence-electron chi connectivity index (χ1n) is 6.49. The van der Waals surface area contributed by atoms with E-state index in [2.05, 4.69) is 37.7 Å². The zero-order valence-electron chi connectivity index (χ0n) is 11.2. The predicted molar refractivity (Wildman–Crippen MR) is 67.7 cm³/mol. The molecule has 1 aliphatic rings. The molecule has 0 aliphatic heterocycles. The number of likely N-dealkylation sites (N-methyl/N-ethyl adjacent to an activating group) is 2. The van der Waals surface area contributed by atoms with E-state index in [1.165, 1.54) is 6.42 Å². The van der Waals surface area contributed by atoms with Gasteiger partial charge in [-0.25, -0.2) is 0 Å². The number of carbonyl (C=O) groups is 1. The van der Waals surface area contributed by atoms with Crippen LogP contribution >= 0.6 is 0 Å². The van der Waals surface area contributed by atoms with Crippen molar-refractivity contribution < 1.29 is 4.79 Å². The summed E-state index contributed by atoms with van der Waals surface area (Å²) >= 11 is 0. The molecule has 0 spiro atoms. The number of hydrogen-bond acceptors (Lipinski definition) is 3. The van der Waals surface area contributed by atoms with Crippen molar-refractivity contribution in [1.82, 2.24) is 9.80 Å². The lowest BCUT2D eigenvalue weighted by Crippen LogP contribution is -2.50. The minimum Gasteiger partial charge on any atom is -0.308 e. The molecule has 1 rings (SSSR count). The van der Waals surface area contributed by atoms with E-state index in [1.807, 2.05) is 0 Å². The van der Waals surface area contributed by atoms with Crippen molar-refractivity contribution in [3.8, 4) is 0 Å². The van der Waals surface area contributed by atoms with Crippen LogP contribution in [0.5, 0.6) is 0 Å². The molecule has 0 bridgehead atoms. The monoisotopic (exact) mass is 226 g/mol. The molecule has 0 aromatic carbocycles. The van der Waals surface area contributed by atoms with Crippen LogP contribution in [0.2, 0.25) is 0 Å². The maximum atomic E-state index is 11.9. The average Bonchev–Trinajstić information content (AvgIpc) is 2.20. The van der Waals surface area contributed by atoms with E-state index >= 15 is 0 Å². The molecule has 2 atom stereocenters. The van der Waals surface area contributed by atoms with Gasteiger partial charge in [0, 0.05) is 19.0 Å². The van der Waals surface area contributed by atoms with Crippen molar-refractivity contribution in [3.63, 3.8) is 0 Å². The van der Waals surface area contributed by atoms with E-state index in [9.17, 15) is 4.79 Å². The molecule has 1 fully saturated rings. The molecule has 0 aromatic rings. The van der Waals surface area contributed by atoms with Crippen molar-refractivity contribution in [2.75, 3.05) is 27.2 Å². The molecule has 0 N–H and O–H groups in total. The fraction of sp³-hybridized carbons (Fsp3) is 0.923. The van der Waals surface area contributed by atoms with Gasteiger partial charge in [0.2, 0.25) is 0 Å². The zero-order chi connectivity index (χ0) is 12.1. The topological polar surface area (TPSA) is 23.6 Å². The Kier molecular flexibility index (Phi) is 5.42. The molecule has 0 radical (unpaired) electrons. The Hall–Kier alpha value is -0.410. The van der Waals surface area contributed by atoms with Crippen LogP contribution in [0.3, 0.4) is 0 Å². The molecule has 1 saturated carbocycles. The normalized spacial score (nSPS) is 24.1. The molecule has 3 nitrogen and oxygen atoms in total. The van der Waals surface area contributed by atoms with Crippen LogP contribution in [-0.2, 0) is 4.79 Å². The van der Waals surface area contributed by atoms with Gasteiger partial charge in [-0.15, -0.1) is 0 Å². The summed E-state index contributed by atoms with van der Waals surface area (Å²) in [5, 5.41) is 0. The summed E-state index contributed by atoms with van der Waals surface area (Å²) in [6.45, 7) is 6.39. The quantitative estimate of drug-likeness (QED) is 0.714. The highest BCUT2D eigenvalue weighted by Gasteiger charge is 2.30. The summed E-state index contributed by atoms with van der Waals surface area (Å²) in [6, 6.07) is 0.653. The van der Waals surface area contributed by atoms with E-state index in [-0.39, 0.29) is 6.04 Å². The summed E-state index contributed by atoms with van der Waals surface area (Å²) < 4.78 is 0. The Morgan fingerprint density at radius 2 is 2.06 bits per heavy atom. The molecule has 16 heavy (non-hydrogen) atoms. The SMILES string of the molecule is CCN(C(C)CN(C)C)C1CCCCC1=O. The van der Waals surface area contributed by atoms with Crippen LogP contribution in [0.4, 0.5) is 0 Å². The van der Waals surface area contributed by atoms with Gasteiger partial charge in [-0.1, -0.05) is 13.3 Å². The van der Waals surface area contributed by atoms with Gasteiger partial charge in [0.1, 0.15) is 5.78 Å². The highest BCUT2D eigenvalue weighted by atomic mass is 16.1. The third kappa shape index (κ3) is 3.56. The Balaban J connectivity index is 2.60. The molecule has 1 aliphatic carbocycles. The maximum Gasteiger partial charge on any atom is 0.149 e. The van der Waals surface area contributed by atoms with E-state index in [1.54, 1.807) is 0 Å². The third-order valence-electron chi connectivity index (χ3n) is 3.48. The minimum atomic E-state index is 0.189. The van der Waals surface area contributed by atoms with Crippen LogP contribution in [0.15, 0.2) is 0 Å². The van der Waals surface area contributed by atoms with Gasteiger partial charge in [-0.3, -0.25) is 9.69 Å². The minimum absolute atomic E-state index is 0.189. The Morgan fingerprint density at radius 1 is 1.38 bits per heavy atom. The van der Waals surface area contributed by atoms with E-state index in [4.69, 9.17) is 0 Å². The van der Waals surface area contributed by atoms with Crippen LogP contribution in [0, 0.1) is 0 Å². The standard InChI is InChI=1S/C13H26N2O/c1-5-15(11(2)10-14(3)4)12-8-6-7-9-13(12)16/h11-12H,5-10H2,1-4H3. The molecule has 2 unspecified atom stereocenters. The molecule has 0 aromatic heterocycles. The van der Waals surface area contributed by atoms with Crippen molar-refractivity contribution in [3.05, 3.63) is 0 Å². The number of rotatable bonds is 5. The number of hydrogen-bond donors (Lipinski definition) is 0. The molecule has 3 heteroatoms. The van der Waals surface area contributed by atoms with Gasteiger partial charge in [0.05, 0.1) is 6.04 Å². The van der Waals surface area contributed by atoms with Gasteiger partial charge >= 0.3 is 0 Å². The van der Waals surface area contributed by atoms with Gasteiger partial charge in [0.15, 0.2) is 0 Å². The largest absolute Gasteiger partial charge is 0.308 e. The Bertz CT molecular complexity index is 228. The lowest BCUT2D eigenvalue weighted by Gasteiger charge is -2.37. The average molecular weight is 226 g/mol. The fourth-order valence-electron chi connectivity index (χ4n) is 2.79. The second-order valence-electron chi connectivity index (χ2n) is 5.17. The van der Waals surface area contributed by atoms with Gasteiger partial charge in [-0.05, 0) is 40.4 Å². The first kappa shape index (κ1) is 13.7. The van der Waals surface area contributed by atoms with Crippen molar-refractivity contribution in [2.24, 2.45) is 0 Å². The van der Waals surface area contributed by atoms with Crippen molar-refractivity contribution >= 4 is 5.78 Å². The van der Waals surface area contributed by atoms with E-state index in [0.717, 1.165) is 32.4 Å². The van der Waals surface area contributed by atoms with E-state index in [0.29, 0.717) is 11.8 Å². The van der Waals surface area contributed by atoms with Gasteiger partial charge in [-0.2, -0.15) is 0 Å². The van der Waals surface area contributed by atoms with Crippen LogP contribution < -0.4 is 0 Å². The van der Waals surface area contributed by atoms with Crippen LogP contribution in [0.1, 0.15) is 39.5 Å². The van der Waals surface area contributed by atoms with Gasteiger partial charge < -0.3 is 4.90 Å². The summed E-state index contributed by atoms with van der Waals surface area (Å²) in [6.07, 6.45) is 4.15. The zero-order valence-corrected chi connectivity index (χ0v) is 11.2. The first-order valence-corrected chi connectivity index (χ1v) is 6.49. The molecule has 0 amide bonds. The number of nitrogens with zero attached hydrogens (tertiary/aromatic N) is 2. The molecular weight excluding hydrogens is 200 g/mol. The summed E-state index contributed by atoms with van der Waals surface area (Å²) in [7, 11) is 4.18. The predicted octanol–water partition coefficient (Wildman–Crippen LogP) is 1.77. The first-order chi connectivity index (χ1) is 7.56. The molecule has 0 saturated heterocycles. The number of ketones is 1. The lowest BCUT2D eigenvalue weighted by atomic mass is 9.92. The molecule has 0 heterocycles. The molecule has 94 valence electrons. The molecular formula is C13H26N2O. The summed E-state index contributed by atoms with van der Waals surface area (Å²) in [5.41, 5.74) is 0. The van der Waals surface area contributed by atoms with Crippen molar-refractivity contribution in [1.29, 1.82) is 0 Å².